The van der Waals surface area contributed by atoms with Crippen molar-refractivity contribution < 1.29 is 9.53 Å². The van der Waals surface area contributed by atoms with Crippen LogP contribution in [0.25, 0.3) is 0 Å². The first kappa shape index (κ1) is 12.5. The molecule has 0 bridgehead atoms. The number of halogens is 2. The van der Waals surface area contributed by atoms with Crippen molar-refractivity contribution in [2.75, 3.05) is 0 Å². The van der Waals surface area contributed by atoms with Gasteiger partial charge in [-0.25, -0.2) is 0 Å². The number of esters is 1. The summed E-state index contributed by atoms with van der Waals surface area (Å²) in [5.74, 6) is 0.172. The SMILES string of the molecule is CC(C)(C)C(=O)Oc1cc(Cl)cc(Br)c1. The van der Waals surface area contributed by atoms with Gasteiger partial charge in [0, 0.05) is 9.50 Å². The average molecular weight is 292 g/mol. The number of ether oxygens (including phenoxy) is 1. The van der Waals surface area contributed by atoms with Crippen molar-refractivity contribution in [2.24, 2.45) is 5.41 Å². The van der Waals surface area contributed by atoms with E-state index in [2.05, 4.69) is 15.9 Å². The van der Waals surface area contributed by atoms with Gasteiger partial charge in [-0.15, -0.1) is 0 Å². The highest BCUT2D eigenvalue weighted by molar-refractivity contribution is 9.10. The van der Waals surface area contributed by atoms with Crippen molar-refractivity contribution in [2.45, 2.75) is 20.8 Å². The predicted molar refractivity (Wildman–Crippen MR) is 64.2 cm³/mol. The number of hydrogen-bond donors (Lipinski definition) is 0. The summed E-state index contributed by atoms with van der Waals surface area (Å²) >= 11 is 9.10. The number of benzene rings is 1. The van der Waals surface area contributed by atoms with Crippen LogP contribution in [0, 0.1) is 5.41 Å². The lowest BCUT2D eigenvalue weighted by atomic mass is 9.97. The van der Waals surface area contributed by atoms with E-state index in [1.165, 1.54) is 0 Å². The maximum atomic E-state index is 11.6. The number of rotatable bonds is 1. The third-order valence-corrected chi connectivity index (χ3v) is 2.34. The third kappa shape index (κ3) is 3.84. The maximum Gasteiger partial charge on any atom is 0.316 e. The van der Waals surface area contributed by atoms with Crippen LogP contribution in [0.15, 0.2) is 22.7 Å². The minimum Gasteiger partial charge on any atom is -0.426 e. The molecule has 0 N–H and O–H groups in total. The molecule has 0 aromatic heterocycles. The van der Waals surface area contributed by atoms with Crippen LogP contribution >= 0.6 is 27.5 Å². The maximum absolute atomic E-state index is 11.6. The highest BCUT2D eigenvalue weighted by Crippen LogP contribution is 2.26. The lowest BCUT2D eigenvalue weighted by Gasteiger charge is -2.16. The third-order valence-electron chi connectivity index (χ3n) is 1.66. The summed E-state index contributed by atoms with van der Waals surface area (Å²) in [4.78, 5) is 11.6. The molecule has 1 aromatic carbocycles. The Morgan fingerprint density at radius 1 is 1.33 bits per heavy atom. The fourth-order valence-electron chi connectivity index (χ4n) is 0.848. The molecular formula is C11H12BrClO2. The van der Waals surface area contributed by atoms with Crippen molar-refractivity contribution in [3.8, 4) is 5.75 Å². The van der Waals surface area contributed by atoms with Crippen molar-refractivity contribution >= 4 is 33.5 Å². The molecule has 2 nitrogen and oxygen atoms in total. The highest BCUT2D eigenvalue weighted by Gasteiger charge is 2.23. The molecule has 0 atom stereocenters. The van der Waals surface area contributed by atoms with Gasteiger partial charge in [-0.3, -0.25) is 4.79 Å². The second kappa shape index (κ2) is 4.54. The van der Waals surface area contributed by atoms with Crippen LogP contribution in [0.1, 0.15) is 20.8 Å². The molecule has 15 heavy (non-hydrogen) atoms. The second-order valence-corrected chi connectivity index (χ2v) is 5.60. The van der Waals surface area contributed by atoms with E-state index < -0.39 is 5.41 Å². The quantitative estimate of drug-likeness (QED) is 0.576. The molecule has 0 aliphatic carbocycles. The zero-order valence-corrected chi connectivity index (χ0v) is 11.1. The minimum atomic E-state index is -0.519. The molecule has 0 fully saturated rings. The highest BCUT2D eigenvalue weighted by atomic mass is 79.9. The van der Waals surface area contributed by atoms with Gasteiger partial charge in [0.15, 0.2) is 0 Å². The average Bonchev–Trinajstić information content (AvgIpc) is 1.99. The standard InChI is InChI=1S/C11H12BrClO2/c1-11(2,3)10(14)15-9-5-7(12)4-8(13)6-9/h4-6H,1-3H3. The fourth-order valence-corrected chi connectivity index (χ4v) is 1.68. The van der Waals surface area contributed by atoms with Gasteiger partial charge >= 0.3 is 5.97 Å². The molecule has 0 heterocycles. The van der Waals surface area contributed by atoms with Gasteiger partial charge < -0.3 is 4.74 Å². The first-order valence-electron chi connectivity index (χ1n) is 4.47. The minimum absolute atomic E-state index is 0.281. The van der Waals surface area contributed by atoms with E-state index in [-0.39, 0.29) is 5.97 Å². The van der Waals surface area contributed by atoms with Gasteiger partial charge in [0.05, 0.1) is 5.41 Å². The molecular weight excluding hydrogens is 279 g/mol. The van der Waals surface area contributed by atoms with Crippen molar-refractivity contribution in [1.82, 2.24) is 0 Å². The number of hydrogen-bond acceptors (Lipinski definition) is 2. The molecule has 0 aliphatic heterocycles. The van der Waals surface area contributed by atoms with Gasteiger partial charge in [-0.1, -0.05) is 27.5 Å². The Bertz CT molecular complexity index is 362. The summed E-state index contributed by atoms with van der Waals surface area (Å²) in [6.07, 6.45) is 0. The Hall–Kier alpha value is -0.540. The summed E-state index contributed by atoms with van der Waals surface area (Å²) in [6, 6.07) is 5.04. The molecule has 0 radical (unpaired) electrons. The zero-order valence-electron chi connectivity index (χ0n) is 8.80. The first-order valence-corrected chi connectivity index (χ1v) is 5.64. The number of carbonyl (C=O) groups is 1. The Morgan fingerprint density at radius 3 is 2.40 bits per heavy atom. The molecule has 1 rings (SSSR count). The Balaban J connectivity index is 2.86. The van der Waals surface area contributed by atoms with Gasteiger partial charge in [-0.2, -0.15) is 0 Å². The van der Waals surface area contributed by atoms with Crippen molar-refractivity contribution in [3.05, 3.63) is 27.7 Å². The largest absolute Gasteiger partial charge is 0.426 e. The fraction of sp³-hybridized carbons (Fsp3) is 0.364. The Morgan fingerprint density at radius 2 is 1.93 bits per heavy atom. The van der Waals surface area contributed by atoms with Gasteiger partial charge in [-0.05, 0) is 39.0 Å². The summed E-state index contributed by atoms with van der Waals surface area (Å²) in [5.41, 5.74) is -0.519. The van der Waals surface area contributed by atoms with Gasteiger partial charge in [0.25, 0.3) is 0 Å². The summed E-state index contributed by atoms with van der Waals surface area (Å²) in [5, 5.41) is 0.529. The van der Waals surface area contributed by atoms with Crippen LogP contribution in [-0.2, 0) is 4.79 Å². The van der Waals surface area contributed by atoms with E-state index >= 15 is 0 Å². The molecule has 0 unspecified atom stereocenters. The smallest absolute Gasteiger partial charge is 0.316 e. The van der Waals surface area contributed by atoms with E-state index in [9.17, 15) is 4.79 Å². The van der Waals surface area contributed by atoms with Crippen LogP contribution in [0.3, 0.4) is 0 Å². The van der Waals surface area contributed by atoms with Crippen LogP contribution in [0.2, 0.25) is 5.02 Å². The topological polar surface area (TPSA) is 26.3 Å². The Labute approximate surface area is 103 Å². The van der Waals surface area contributed by atoms with Gasteiger partial charge in [0.1, 0.15) is 5.75 Å². The van der Waals surface area contributed by atoms with Crippen LogP contribution < -0.4 is 4.74 Å². The second-order valence-electron chi connectivity index (χ2n) is 4.24. The van der Waals surface area contributed by atoms with E-state index in [4.69, 9.17) is 16.3 Å². The van der Waals surface area contributed by atoms with E-state index in [0.29, 0.717) is 10.8 Å². The molecule has 0 spiro atoms. The summed E-state index contributed by atoms with van der Waals surface area (Å²) in [6.45, 7) is 5.40. The Kier molecular flexibility index (Phi) is 3.79. The van der Waals surface area contributed by atoms with Gasteiger partial charge in [0.2, 0.25) is 0 Å². The zero-order chi connectivity index (χ0) is 11.6. The van der Waals surface area contributed by atoms with Crippen molar-refractivity contribution in [3.63, 3.8) is 0 Å². The molecule has 0 saturated carbocycles. The van der Waals surface area contributed by atoms with Crippen LogP contribution in [-0.4, -0.2) is 5.97 Å². The lowest BCUT2D eigenvalue weighted by molar-refractivity contribution is -0.142. The molecule has 4 heteroatoms. The van der Waals surface area contributed by atoms with E-state index in [1.54, 1.807) is 39.0 Å². The summed E-state index contributed by atoms with van der Waals surface area (Å²) < 4.78 is 5.97. The normalized spacial score (nSPS) is 11.3. The lowest BCUT2D eigenvalue weighted by Crippen LogP contribution is -2.25. The number of carbonyl (C=O) groups excluding carboxylic acids is 1. The summed E-state index contributed by atoms with van der Waals surface area (Å²) in [7, 11) is 0. The van der Waals surface area contributed by atoms with E-state index in [1.807, 2.05) is 0 Å². The van der Waals surface area contributed by atoms with E-state index in [0.717, 1.165) is 4.47 Å². The van der Waals surface area contributed by atoms with Crippen molar-refractivity contribution in [1.29, 1.82) is 0 Å². The van der Waals surface area contributed by atoms with Crippen LogP contribution in [0.4, 0.5) is 0 Å². The first-order chi connectivity index (χ1) is 6.79. The molecule has 82 valence electrons. The molecule has 1 aromatic rings. The molecule has 0 amide bonds. The van der Waals surface area contributed by atoms with Crippen LogP contribution in [0.5, 0.6) is 5.75 Å². The predicted octanol–water partition coefficient (Wildman–Crippen LogP) is 4.05. The molecule has 0 aliphatic rings. The molecule has 0 saturated heterocycles. The monoisotopic (exact) mass is 290 g/mol.